The summed E-state index contributed by atoms with van der Waals surface area (Å²) in [5.74, 6) is -0.399. The van der Waals surface area contributed by atoms with Crippen LogP contribution in [-0.4, -0.2) is 52.2 Å². The molecule has 1 fully saturated rings. The van der Waals surface area contributed by atoms with Crippen molar-refractivity contribution in [2.45, 2.75) is 6.54 Å². The van der Waals surface area contributed by atoms with Crippen LogP contribution in [0.15, 0.2) is 45.0 Å². The molecule has 2 aromatic rings. The molecule has 0 spiro atoms. The zero-order valence-electron chi connectivity index (χ0n) is 13.0. The topological polar surface area (TPSA) is 99.9 Å². The summed E-state index contributed by atoms with van der Waals surface area (Å²) < 4.78 is 6.33. The van der Waals surface area contributed by atoms with Gasteiger partial charge in [-0.3, -0.25) is 19.4 Å². The number of aromatic amines is 1. The number of rotatable bonds is 4. The highest BCUT2D eigenvalue weighted by atomic mass is 16.5. The second kappa shape index (κ2) is 7.14. The number of hydrazone groups is 1. The minimum atomic E-state index is -0.668. The summed E-state index contributed by atoms with van der Waals surface area (Å²) in [6, 6.07) is 9.20. The monoisotopic (exact) mass is 330 g/mol. The molecule has 0 saturated carbocycles. The SMILES string of the molecule is O=c1[nH]c(=O)n(Cc2ccccc2)c(O)c1/C=N/N1CCOCC1. The molecule has 2 heterocycles. The second-order valence-corrected chi connectivity index (χ2v) is 5.38. The van der Waals surface area contributed by atoms with E-state index in [1.165, 1.54) is 6.21 Å². The van der Waals surface area contributed by atoms with Crippen molar-refractivity contribution < 1.29 is 9.84 Å². The van der Waals surface area contributed by atoms with Crippen molar-refractivity contribution in [1.29, 1.82) is 0 Å². The van der Waals surface area contributed by atoms with Gasteiger partial charge in [-0.15, -0.1) is 0 Å². The van der Waals surface area contributed by atoms with Crippen LogP contribution in [-0.2, 0) is 11.3 Å². The Hall–Kier alpha value is -2.87. The highest BCUT2D eigenvalue weighted by Gasteiger charge is 2.14. The molecular weight excluding hydrogens is 312 g/mol. The Morgan fingerprint density at radius 1 is 1.21 bits per heavy atom. The maximum Gasteiger partial charge on any atom is 0.331 e. The number of ether oxygens (including phenoxy) is 1. The van der Waals surface area contributed by atoms with Crippen LogP contribution >= 0.6 is 0 Å². The van der Waals surface area contributed by atoms with Gasteiger partial charge in [-0.2, -0.15) is 5.10 Å². The Balaban J connectivity index is 1.92. The van der Waals surface area contributed by atoms with E-state index in [0.29, 0.717) is 26.3 Å². The Bertz CT molecular complexity index is 835. The van der Waals surface area contributed by atoms with Crippen LogP contribution in [0, 0.1) is 0 Å². The van der Waals surface area contributed by atoms with Gasteiger partial charge >= 0.3 is 5.69 Å². The summed E-state index contributed by atoms with van der Waals surface area (Å²) in [6.07, 6.45) is 1.28. The first-order chi connectivity index (χ1) is 11.6. The summed E-state index contributed by atoms with van der Waals surface area (Å²) >= 11 is 0. The van der Waals surface area contributed by atoms with Crippen LogP contribution in [0.5, 0.6) is 5.88 Å². The van der Waals surface area contributed by atoms with Crippen molar-refractivity contribution in [1.82, 2.24) is 14.6 Å². The van der Waals surface area contributed by atoms with Gasteiger partial charge in [-0.05, 0) is 5.56 Å². The molecule has 0 radical (unpaired) electrons. The zero-order valence-corrected chi connectivity index (χ0v) is 13.0. The van der Waals surface area contributed by atoms with Crippen molar-refractivity contribution in [3.63, 3.8) is 0 Å². The number of hydrogen-bond acceptors (Lipinski definition) is 6. The summed E-state index contributed by atoms with van der Waals surface area (Å²) in [5.41, 5.74) is -0.543. The lowest BCUT2D eigenvalue weighted by atomic mass is 10.2. The molecule has 1 aliphatic heterocycles. The van der Waals surface area contributed by atoms with Crippen LogP contribution in [0.25, 0.3) is 0 Å². The van der Waals surface area contributed by atoms with Crippen molar-refractivity contribution >= 4 is 6.21 Å². The number of H-pyrrole nitrogens is 1. The predicted molar refractivity (Wildman–Crippen MR) is 88.5 cm³/mol. The Kier molecular flexibility index (Phi) is 4.76. The third-order valence-electron chi connectivity index (χ3n) is 3.73. The lowest BCUT2D eigenvalue weighted by Gasteiger charge is -2.23. The minimum Gasteiger partial charge on any atom is -0.494 e. The molecule has 8 heteroatoms. The highest BCUT2D eigenvalue weighted by Crippen LogP contribution is 2.11. The van der Waals surface area contributed by atoms with E-state index in [-0.39, 0.29) is 12.1 Å². The molecule has 1 aliphatic rings. The van der Waals surface area contributed by atoms with E-state index >= 15 is 0 Å². The fourth-order valence-electron chi connectivity index (χ4n) is 2.41. The molecular formula is C16H18N4O4. The van der Waals surface area contributed by atoms with Gasteiger partial charge in [0, 0.05) is 0 Å². The largest absolute Gasteiger partial charge is 0.494 e. The first kappa shape index (κ1) is 16.0. The zero-order chi connectivity index (χ0) is 16.9. The number of benzene rings is 1. The van der Waals surface area contributed by atoms with Crippen molar-refractivity contribution in [2.75, 3.05) is 26.3 Å². The molecule has 0 aliphatic carbocycles. The number of morpholine rings is 1. The van der Waals surface area contributed by atoms with Gasteiger partial charge in [-0.25, -0.2) is 4.79 Å². The Morgan fingerprint density at radius 2 is 1.92 bits per heavy atom. The van der Waals surface area contributed by atoms with Crippen LogP contribution in [0.2, 0.25) is 0 Å². The molecule has 1 aromatic heterocycles. The van der Waals surface area contributed by atoms with E-state index in [9.17, 15) is 14.7 Å². The molecule has 1 aromatic carbocycles. The van der Waals surface area contributed by atoms with Gasteiger partial charge in [0.15, 0.2) is 0 Å². The summed E-state index contributed by atoms with van der Waals surface area (Å²) in [4.78, 5) is 26.2. The average Bonchev–Trinajstić information content (AvgIpc) is 2.60. The summed E-state index contributed by atoms with van der Waals surface area (Å²) in [7, 11) is 0. The predicted octanol–water partition coefficient (Wildman–Crippen LogP) is -0.0434. The van der Waals surface area contributed by atoms with Gasteiger partial charge in [0.25, 0.3) is 5.56 Å². The fourth-order valence-corrected chi connectivity index (χ4v) is 2.41. The van der Waals surface area contributed by atoms with Crippen molar-refractivity contribution in [3.8, 4) is 5.88 Å². The van der Waals surface area contributed by atoms with Crippen LogP contribution in [0.4, 0.5) is 0 Å². The smallest absolute Gasteiger partial charge is 0.331 e. The standard InChI is InChI=1S/C16H18N4O4/c21-14-13(10-17-19-6-8-24-9-7-19)15(22)20(16(23)18-14)11-12-4-2-1-3-5-12/h1-5,10,22H,6-9,11H2,(H,18,21,23)/b17-10+. The summed E-state index contributed by atoms with van der Waals surface area (Å²) in [5, 5.41) is 16.3. The number of hydrogen-bond donors (Lipinski definition) is 2. The number of aromatic nitrogens is 2. The molecule has 0 bridgehead atoms. The molecule has 126 valence electrons. The van der Waals surface area contributed by atoms with E-state index < -0.39 is 17.1 Å². The van der Waals surface area contributed by atoms with E-state index in [2.05, 4.69) is 10.1 Å². The second-order valence-electron chi connectivity index (χ2n) is 5.38. The molecule has 8 nitrogen and oxygen atoms in total. The first-order valence-corrected chi connectivity index (χ1v) is 7.62. The normalized spacial score (nSPS) is 15.1. The van der Waals surface area contributed by atoms with E-state index in [4.69, 9.17) is 4.74 Å². The van der Waals surface area contributed by atoms with Gasteiger partial charge in [0.1, 0.15) is 5.56 Å². The lowest BCUT2D eigenvalue weighted by molar-refractivity contribution is 0.0396. The number of nitrogens with zero attached hydrogens (tertiary/aromatic N) is 3. The summed E-state index contributed by atoms with van der Waals surface area (Å²) in [6.45, 7) is 2.50. The number of aromatic hydroxyl groups is 1. The third-order valence-corrected chi connectivity index (χ3v) is 3.73. The fraction of sp³-hybridized carbons (Fsp3) is 0.312. The van der Waals surface area contributed by atoms with Gasteiger partial charge in [0.05, 0.1) is 39.1 Å². The minimum absolute atomic E-state index is 0.0444. The van der Waals surface area contributed by atoms with E-state index in [1.807, 2.05) is 30.3 Å². The molecule has 0 unspecified atom stereocenters. The van der Waals surface area contributed by atoms with E-state index in [0.717, 1.165) is 10.1 Å². The van der Waals surface area contributed by atoms with Gasteiger partial charge in [-0.1, -0.05) is 30.3 Å². The Labute approximate surface area is 137 Å². The van der Waals surface area contributed by atoms with Crippen molar-refractivity contribution in [2.24, 2.45) is 5.10 Å². The van der Waals surface area contributed by atoms with Gasteiger partial charge in [0.2, 0.25) is 5.88 Å². The number of nitrogens with one attached hydrogen (secondary N) is 1. The van der Waals surface area contributed by atoms with E-state index in [1.54, 1.807) is 5.01 Å². The van der Waals surface area contributed by atoms with Crippen LogP contribution in [0.1, 0.15) is 11.1 Å². The highest BCUT2D eigenvalue weighted by molar-refractivity contribution is 5.81. The van der Waals surface area contributed by atoms with Crippen molar-refractivity contribution in [3.05, 3.63) is 62.3 Å². The molecule has 0 amide bonds. The molecule has 1 saturated heterocycles. The van der Waals surface area contributed by atoms with Crippen LogP contribution < -0.4 is 11.2 Å². The molecule has 0 atom stereocenters. The maximum atomic E-state index is 12.0. The Morgan fingerprint density at radius 3 is 2.62 bits per heavy atom. The molecule has 3 rings (SSSR count). The molecule has 24 heavy (non-hydrogen) atoms. The first-order valence-electron chi connectivity index (χ1n) is 7.62. The lowest BCUT2D eigenvalue weighted by Crippen LogP contribution is -2.34. The quantitative estimate of drug-likeness (QED) is 0.766. The maximum absolute atomic E-state index is 12.0. The molecule has 2 N–H and O–H groups in total. The average molecular weight is 330 g/mol. The van der Waals surface area contributed by atoms with Crippen LogP contribution in [0.3, 0.4) is 0 Å². The van der Waals surface area contributed by atoms with Gasteiger partial charge < -0.3 is 9.84 Å². The third kappa shape index (κ3) is 3.54.